The lowest BCUT2D eigenvalue weighted by Gasteiger charge is -2.19. The summed E-state index contributed by atoms with van der Waals surface area (Å²) >= 11 is 3.25. The van der Waals surface area contributed by atoms with Gasteiger partial charge in [0.05, 0.1) is 0 Å². The summed E-state index contributed by atoms with van der Waals surface area (Å²) in [5.74, 6) is 0. The van der Waals surface area contributed by atoms with Crippen LogP contribution < -0.4 is 0 Å². The molecule has 0 N–H and O–H groups in total. The first kappa shape index (κ1) is 16.5. The zero-order valence-electron chi connectivity index (χ0n) is 12.7. The van der Waals surface area contributed by atoms with Crippen LogP contribution in [0.2, 0.25) is 0 Å². The molecule has 0 amide bonds. The van der Waals surface area contributed by atoms with Crippen LogP contribution in [0.15, 0.2) is 85.5 Å². The van der Waals surface area contributed by atoms with Crippen molar-refractivity contribution < 1.29 is 0 Å². The molecule has 0 radical (unpaired) electrons. The molecule has 0 saturated carbocycles. The van der Waals surface area contributed by atoms with Gasteiger partial charge in [-0.15, -0.1) is 0 Å². The maximum absolute atomic E-state index is 3.53. The average molecular weight is 353 g/mol. The van der Waals surface area contributed by atoms with Crippen LogP contribution in [0, 0.1) is 0 Å². The monoisotopic (exact) mass is 352 g/mol. The minimum atomic E-state index is 0.911. The molecule has 22 heavy (non-hydrogen) atoms. The van der Waals surface area contributed by atoms with E-state index in [0.717, 1.165) is 5.33 Å². The molecule has 1 aliphatic carbocycles. The standard InChI is InChI=1S/C14H12.C7H9Br/c1-3-7-13-11(5-1)9-10-12-6-2-4-8-14(12)13;1-2-3-4-5-6-7-8/h1-8H,9-10H2;2-6H,1,7H2/b;4-3-,6-5-. The third-order valence-electron chi connectivity index (χ3n) is 3.57. The minimum absolute atomic E-state index is 0.911. The number of halogens is 1. The van der Waals surface area contributed by atoms with Crippen LogP contribution in [0.1, 0.15) is 11.1 Å². The molecule has 0 aromatic heterocycles. The van der Waals surface area contributed by atoms with Gasteiger partial charge >= 0.3 is 0 Å². The lowest BCUT2D eigenvalue weighted by molar-refractivity contribution is 0.942. The summed E-state index contributed by atoms with van der Waals surface area (Å²) in [6, 6.07) is 17.5. The van der Waals surface area contributed by atoms with Crippen LogP contribution in [-0.2, 0) is 12.8 Å². The largest absolute Gasteiger partial charge is 0.0991 e. The van der Waals surface area contributed by atoms with Gasteiger partial charge in [-0.25, -0.2) is 0 Å². The summed E-state index contributed by atoms with van der Waals surface area (Å²) in [5, 5.41) is 0.911. The molecular formula is C21H21Br. The van der Waals surface area contributed by atoms with E-state index in [-0.39, 0.29) is 0 Å². The van der Waals surface area contributed by atoms with E-state index in [0.29, 0.717) is 0 Å². The fourth-order valence-electron chi connectivity index (χ4n) is 2.54. The Kier molecular flexibility index (Phi) is 6.92. The van der Waals surface area contributed by atoms with Crippen molar-refractivity contribution in [1.82, 2.24) is 0 Å². The van der Waals surface area contributed by atoms with E-state index in [1.807, 2.05) is 24.3 Å². The zero-order valence-corrected chi connectivity index (χ0v) is 14.3. The average Bonchev–Trinajstić information content (AvgIpc) is 2.59. The van der Waals surface area contributed by atoms with E-state index in [2.05, 4.69) is 71.0 Å². The molecular weight excluding hydrogens is 332 g/mol. The van der Waals surface area contributed by atoms with Gasteiger partial charge in [-0.05, 0) is 35.1 Å². The fourth-order valence-corrected chi connectivity index (χ4v) is 2.76. The van der Waals surface area contributed by atoms with Crippen molar-refractivity contribution in [3.05, 3.63) is 96.6 Å². The number of hydrogen-bond acceptors (Lipinski definition) is 0. The summed E-state index contributed by atoms with van der Waals surface area (Å²) in [4.78, 5) is 0. The lowest BCUT2D eigenvalue weighted by atomic mass is 9.86. The maximum Gasteiger partial charge on any atom is 0.0215 e. The van der Waals surface area contributed by atoms with Crippen molar-refractivity contribution in [1.29, 1.82) is 0 Å². The Labute approximate surface area is 142 Å². The van der Waals surface area contributed by atoms with Crippen LogP contribution in [0.3, 0.4) is 0 Å². The number of rotatable bonds is 3. The second kappa shape index (κ2) is 9.22. The minimum Gasteiger partial charge on any atom is -0.0991 e. The van der Waals surface area contributed by atoms with Gasteiger partial charge < -0.3 is 0 Å². The molecule has 0 fully saturated rings. The normalized spacial score (nSPS) is 12.4. The zero-order chi connectivity index (χ0) is 15.6. The number of allylic oxidation sites excluding steroid dienone is 5. The highest BCUT2D eigenvalue weighted by atomic mass is 79.9. The van der Waals surface area contributed by atoms with Crippen molar-refractivity contribution in [2.45, 2.75) is 12.8 Å². The summed E-state index contributed by atoms with van der Waals surface area (Å²) in [6.45, 7) is 3.53. The molecule has 0 aliphatic heterocycles. The number of benzene rings is 2. The second-order valence-electron chi connectivity index (χ2n) is 5.02. The first-order chi connectivity index (χ1) is 10.9. The van der Waals surface area contributed by atoms with Crippen molar-refractivity contribution in [2.75, 3.05) is 5.33 Å². The Balaban J connectivity index is 0.000000192. The van der Waals surface area contributed by atoms with Crippen LogP contribution in [0.4, 0.5) is 0 Å². The second-order valence-corrected chi connectivity index (χ2v) is 5.66. The van der Waals surface area contributed by atoms with Crippen LogP contribution in [0.25, 0.3) is 11.1 Å². The number of fused-ring (bicyclic) bond motifs is 3. The summed E-state index contributed by atoms with van der Waals surface area (Å²) in [7, 11) is 0. The van der Waals surface area contributed by atoms with E-state index in [4.69, 9.17) is 0 Å². The molecule has 0 unspecified atom stereocenters. The molecule has 1 aliphatic rings. The predicted molar refractivity (Wildman–Crippen MR) is 102 cm³/mol. The Morgan fingerprint density at radius 3 is 1.86 bits per heavy atom. The van der Waals surface area contributed by atoms with Gasteiger partial charge in [0.2, 0.25) is 0 Å². The van der Waals surface area contributed by atoms with Gasteiger partial charge in [0, 0.05) is 5.33 Å². The third-order valence-corrected chi connectivity index (χ3v) is 3.95. The quantitative estimate of drug-likeness (QED) is 0.460. The van der Waals surface area contributed by atoms with E-state index in [9.17, 15) is 0 Å². The Bertz CT molecular complexity index is 620. The van der Waals surface area contributed by atoms with Gasteiger partial charge in [-0.3, -0.25) is 0 Å². The van der Waals surface area contributed by atoms with Gasteiger partial charge in [-0.1, -0.05) is 101 Å². The number of hydrogen-bond donors (Lipinski definition) is 0. The number of alkyl halides is 1. The summed E-state index contributed by atoms with van der Waals surface area (Å²) < 4.78 is 0. The highest BCUT2D eigenvalue weighted by molar-refractivity contribution is 9.09. The molecule has 1 heteroatoms. The SMILES string of the molecule is C=C/C=C\C=C/CBr.c1ccc2c(c1)CCc1ccccc1-2. The van der Waals surface area contributed by atoms with Gasteiger partial charge in [0.15, 0.2) is 0 Å². The maximum atomic E-state index is 3.53. The van der Waals surface area contributed by atoms with Crippen LogP contribution in [-0.4, -0.2) is 5.33 Å². The van der Waals surface area contributed by atoms with E-state index in [1.165, 1.54) is 35.1 Å². The molecule has 0 saturated heterocycles. The van der Waals surface area contributed by atoms with Gasteiger partial charge in [-0.2, -0.15) is 0 Å². The third kappa shape index (κ3) is 4.57. The summed E-state index contributed by atoms with van der Waals surface area (Å²) in [5.41, 5.74) is 5.83. The Morgan fingerprint density at radius 1 is 0.818 bits per heavy atom. The molecule has 0 heterocycles. The topological polar surface area (TPSA) is 0 Å². The van der Waals surface area contributed by atoms with Gasteiger partial charge in [0.25, 0.3) is 0 Å². The van der Waals surface area contributed by atoms with Crippen molar-refractivity contribution in [3.8, 4) is 11.1 Å². The highest BCUT2D eigenvalue weighted by Crippen LogP contribution is 2.32. The van der Waals surface area contributed by atoms with E-state index >= 15 is 0 Å². The molecule has 0 bridgehead atoms. The molecule has 2 aromatic carbocycles. The molecule has 0 atom stereocenters. The van der Waals surface area contributed by atoms with Gasteiger partial charge in [0.1, 0.15) is 0 Å². The van der Waals surface area contributed by atoms with Crippen molar-refractivity contribution in [3.63, 3.8) is 0 Å². The van der Waals surface area contributed by atoms with E-state index < -0.39 is 0 Å². The van der Waals surface area contributed by atoms with Crippen molar-refractivity contribution >= 4 is 15.9 Å². The first-order valence-electron chi connectivity index (χ1n) is 7.53. The Hall–Kier alpha value is -1.86. The smallest absolute Gasteiger partial charge is 0.0215 e. The Morgan fingerprint density at radius 2 is 1.36 bits per heavy atom. The van der Waals surface area contributed by atoms with Crippen LogP contribution in [0.5, 0.6) is 0 Å². The summed E-state index contributed by atoms with van der Waals surface area (Å²) in [6.07, 6.45) is 11.9. The molecule has 0 nitrogen and oxygen atoms in total. The van der Waals surface area contributed by atoms with Crippen LogP contribution >= 0.6 is 15.9 Å². The molecule has 2 aromatic rings. The first-order valence-corrected chi connectivity index (χ1v) is 8.65. The van der Waals surface area contributed by atoms with Crippen molar-refractivity contribution in [2.24, 2.45) is 0 Å². The fraction of sp³-hybridized carbons (Fsp3) is 0.143. The predicted octanol–water partition coefficient (Wildman–Crippen LogP) is 6.13. The molecule has 112 valence electrons. The lowest BCUT2D eigenvalue weighted by Crippen LogP contribution is -2.02. The number of aryl methyl sites for hydroxylation is 2. The molecule has 0 spiro atoms. The molecule has 3 rings (SSSR count). The highest BCUT2D eigenvalue weighted by Gasteiger charge is 2.13. The van der Waals surface area contributed by atoms with E-state index in [1.54, 1.807) is 6.08 Å².